The Labute approximate surface area is 285 Å². The van der Waals surface area contributed by atoms with Gasteiger partial charge in [-0.15, -0.1) is 11.8 Å². The largest absolute Gasteiger partial charge is 0.352 e. The second kappa shape index (κ2) is 16.3. The molecule has 4 aromatic carbocycles. The summed E-state index contributed by atoms with van der Waals surface area (Å²) in [7, 11) is -4.16. The van der Waals surface area contributed by atoms with E-state index in [1.54, 1.807) is 36.4 Å². The average molecular weight is 723 g/mol. The van der Waals surface area contributed by atoms with Crippen molar-refractivity contribution in [1.82, 2.24) is 10.2 Å². The number of amides is 2. The third-order valence-corrected chi connectivity index (χ3v) is 10.8. The fourth-order valence-corrected chi connectivity index (χ4v) is 6.98. The van der Waals surface area contributed by atoms with E-state index in [-0.39, 0.29) is 29.8 Å². The topological polar surface area (TPSA) is 86.8 Å². The minimum absolute atomic E-state index is 0.0773. The maximum atomic E-state index is 14.6. The number of carbonyl (C=O) groups excluding carboxylic acids is 2. The standard InChI is InChI=1S/C36H40BrN3O4S2/c1-5-27(3)38-36(42)34(23-28-9-7-6-8-10-28)39(24-29-13-15-30(37)16-14-29)35(41)25-40(31-17-11-26(2)12-18-31)46(43,44)33-21-19-32(45-4)20-22-33/h6-22,27,34H,5,23-25H2,1-4H3,(H,38,42). The van der Waals surface area contributed by atoms with E-state index in [2.05, 4.69) is 21.2 Å². The monoisotopic (exact) mass is 721 g/mol. The molecule has 10 heteroatoms. The molecule has 7 nitrogen and oxygen atoms in total. The first-order valence-electron chi connectivity index (χ1n) is 15.1. The molecule has 0 aromatic heterocycles. The Hall–Kier alpha value is -3.60. The molecule has 0 heterocycles. The molecular weight excluding hydrogens is 682 g/mol. The quantitative estimate of drug-likeness (QED) is 0.139. The van der Waals surface area contributed by atoms with Crippen molar-refractivity contribution in [2.45, 2.75) is 62.0 Å². The third kappa shape index (κ3) is 9.24. The van der Waals surface area contributed by atoms with Gasteiger partial charge in [0.25, 0.3) is 10.0 Å². The lowest BCUT2D eigenvalue weighted by molar-refractivity contribution is -0.140. The van der Waals surface area contributed by atoms with Crippen LogP contribution in [0.15, 0.2) is 117 Å². The van der Waals surface area contributed by atoms with E-state index < -0.39 is 28.5 Å². The SMILES string of the molecule is CCC(C)NC(=O)C(Cc1ccccc1)N(Cc1ccc(Br)cc1)C(=O)CN(c1ccc(C)cc1)S(=O)(=O)c1ccc(SC)cc1. The Bertz CT molecular complexity index is 1700. The molecule has 242 valence electrons. The fourth-order valence-electron chi connectivity index (χ4n) is 4.90. The number of nitrogens with one attached hydrogen (secondary N) is 1. The molecule has 4 rings (SSSR count). The van der Waals surface area contributed by atoms with Crippen LogP contribution in [0.4, 0.5) is 5.69 Å². The molecule has 46 heavy (non-hydrogen) atoms. The van der Waals surface area contributed by atoms with Crippen LogP contribution in [0.5, 0.6) is 0 Å². The first-order valence-corrected chi connectivity index (χ1v) is 18.6. The summed E-state index contributed by atoms with van der Waals surface area (Å²) in [6, 6.07) is 29.7. The molecule has 0 saturated heterocycles. The van der Waals surface area contributed by atoms with Gasteiger partial charge in [-0.05, 0) is 86.2 Å². The zero-order chi connectivity index (χ0) is 33.3. The van der Waals surface area contributed by atoms with Gasteiger partial charge in [0.05, 0.1) is 10.6 Å². The van der Waals surface area contributed by atoms with Crippen LogP contribution in [0, 0.1) is 6.92 Å². The van der Waals surface area contributed by atoms with Crippen LogP contribution in [-0.2, 0) is 32.6 Å². The summed E-state index contributed by atoms with van der Waals surface area (Å²) in [5, 5.41) is 3.06. The molecule has 0 aliphatic heterocycles. The number of hydrogen-bond acceptors (Lipinski definition) is 5. The molecule has 0 bridgehead atoms. The van der Waals surface area contributed by atoms with Gasteiger partial charge in [0.1, 0.15) is 12.6 Å². The van der Waals surface area contributed by atoms with Crippen LogP contribution < -0.4 is 9.62 Å². The van der Waals surface area contributed by atoms with E-state index in [0.717, 1.165) is 36.8 Å². The van der Waals surface area contributed by atoms with Crippen molar-refractivity contribution in [3.8, 4) is 0 Å². The van der Waals surface area contributed by atoms with Gasteiger partial charge in [-0.3, -0.25) is 13.9 Å². The van der Waals surface area contributed by atoms with E-state index in [0.29, 0.717) is 5.69 Å². The lowest BCUT2D eigenvalue weighted by atomic mass is 10.0. The van der Waals surface area contributed by atoms with Crippen molar-refractivity contribution < 1.29 is 18.0 Å². The Balaban J connectivity index is 1.80. The number of hydrogen-bond donors (Lipinski definition) is 1. The lowest BCUT2D eigenvalue weighted by Gasteiger charge is -2.34. The minimum atomic E-state index is -4.16. The highest BCUT2D eigenvalue weighted by atomic mass is 79.9. The molecule has 0 aliphatic rings. The van der Waals surface area contributed by atoms with Crippen molar-refractivity contribution in [2.24, 2.45) is 0 Å². The van der Waals surface area contributed by atoms with Crippen LogP contribution in [0.1, 0.15) is 37.0 Å². The lowest BCUT2D eigenvalue weighted by Crippen LogP contribution is -2.54. The summed E-state index contributed by atoms with van der Waals surface area (Å²) >= 11 is 4.98. The van der Waals surface area contributed by atoms with E-state index in [9.17, 15) is 18.0 Å². The first kappa shape index (κ1) is 35.3. The number of benzene rings is 4. The summed E-state index contributed by atoms with van der Waals surface area (Å²) < 4.78 is 30.5. The van der Waals surface area contributed by atoms with Crippen LogP contribution >= 0.6 is 27.7 Å². The molecule has 0 radical (unpaired) electrons. The van der Waals surface area contributed by atoms with Gasteiger partial charge in [-0.25, -0.2) is 8.42 Å². The van der Waals surface area contributed by atoms with Gasteiger partial charge in [-0.1, -0.05) is 83.0 Å². The predicted molar refractivity (Wildman–Crippen MR) is 190 cm³/mol. The maximum absolute atomic E-state index is 14.6. The van der Waals surface area contributed by atoms with Crippen LogP contribution in [0.2, 0.25) is 0 Å². The number of carbonyl (C=O) groups is 2. The van der Waals surface area contributed by atoms with Crippen molar-refractivity contribution in [1.29, 1.82) is 0 Å². The van der Waals surface area contributed by atoms with E-state index in [4.69, 9.17) is 0 Å². The zero-order valence-electron chi connectivity index (χ0n) is 26.5. The van der Waals surface area contributed by atoms with Crippen LogP contribution in [0.25, 0.3) is 0 Å². The molecule has 2 unspecified atom stereocenters. The summed E-state index contributed by atoms with van der Waals surface area (Å²) in [4.78, 5) is 31.0. The highest BCUT2D eigenvalue weighted by Crippen LogP contribution is 2.27. The second-order valence-corrected chi connectivity index (χ2v) is 14.9. The van der Waals surface area contributed by atoms with Gasteiger partial charge >= 0.3 is 0 Å². The Kier molecular flexibility index (Phi) is 12.5. The van der Waals surface area contributed by atoms with Crippen molar-refractivity contribution in [3.05, 3.63) is 124 Å². The number of sulfonamides is 1. The average Bonchev–Trinajstić information content (AvgIpc) is 3.06. The number of rotatable bonds is 14. The van der Waals surface area contributed by atoms with Crippen LogP contribution in [-0.4, -0.2) is 50.0 Å². The van der Waals surface area contributed by atoms with Gasteiger partial charge in [0, 0.05) is 28.4 Å². The minimum Gasteiger partial charge on any atom is -0.352 e. The van der Waals surface area contributed by atoms with E-state index in [1.807, 2.05) is 93.8 Å². The zero-order valence-corrected chi connectivity index (χ0v) is 29.7. The van der Waals surface area contributed by atoms with Gasteiger partial charge in [-0.2, -0.15) is 0 Å². The summed E-state index contributed by atoms with van der Waals surface area (Å²) in [5.74, 6) is -0.783. The van der Waals surface area contributed by atoms with E-state index in [1.165, 1.54) is 16.7 Å². The van der Waals surface area contributed by atoms with Crippen molar-refractivity contribution in [2.75, 3.05) is 17.1 Å². The van der Waals surface area contributed by atoms with Crippen molar-refractivity contribution in [3.63, 3.8) is 0 Å². The van der Waals surface area contributed by atoms with Crippen LogP contribution in [0.3, 0.4) is 0 Å². The molecule has 2 atom stereocenters. The number of anilines is 1. The molecule has 0 spiro atoms. The molecular formula is C36H40BrN3O4S2. The molecule has 0 saturated carbocycles. The molecule has 0 aliphatic carbocycles. The second-order valence-electron chi connectivity index (χ2n) is 11.2. The fraction of sp³-hybridized carbons (Fsp3) is 0.278. The normalized spacial score (nSPS) is 12.6. The number of thioether (sulfide) groups is 1. The van der Waals surface area contributed by atoms with E-state index >= 15 is 0 Å². The molecule has 1 N–H and O–H groups in total. The van der Waals surface area contributed by atoms with Gasteiger partial charge in [0.2, 0.25) is 11.8 Å². The summed E-state index contributed by atoms with van der Waals surface area (Å²) in [5.41, 5.74) is 3.01. The number of halogens is 1. The maximum Gasteiger partial charge on any atom is 0.264 e. The highest BCUT2D eigenvalue weighted by molar-refractivity contribution is 9.10. The summed E-state index contributed by atoms with van der Waals surface area (Å²) in [6.07, 6.45) is 2.90. The van der Waals surface area contributed by atoms with Gasteiger partial charge in [0.15, 0.2) is 0 Å². The smallest absolute Gasteiger partial charge is 0.264 e. The predicted octanol–water partition coefficient (Wildman–Crippen LogP) is 7.23. The van der Waals surface area contributed by atoms with Gasteiger partial charge < -0.3 is 10.2 Å². The van der Waals surface area contributed by atoms with Crippen molar-refractivity contribution >= 4 is 55.2 Å². The number of aryl methyl sites for hydroxylation is 1. The molecule has 0 fully saturated rings. The molecule has 2 amide bonds. The Morgan fingerprint density at radius 3 is 2.09 bits per heavy atom. The first-order chi connectivity index (χ1) is 22.0. The molecule has 4 aromatic rings. The highest BCUT2D eigenvalue weighted by Gasteiger charge is 2.35. The third-order valence-electron chi connectivity index (χ3n) is 7.79. The summed E-state index contributed by atoms with van der Waals surface area (Å²) in [6.45, 7) is 5.44. The Morgan fingerprint density at radius 2 is 1.50 bits per heavy atom. The number of nitrogens with zero attached hydrogens (tertiary/aromatic N) is 2. The Morgan fingerprint density at radius 1 is 0.870 bits per heavy atom.